The van der Waals surface area contributed by atoms with E-state index in [1.807, 2.05) is 18.2 Å². The van der Waals surface area contributed by atoms with Crippen LogP contribution in [0.25, 0.3) is 0 Å². The molecule has 1 heterocycles. The molecule has 0 aliphatic heterocycles. The van der Waals surface area contributed by atoms with E-state index < -0.39 is 6.10 Å². The standard InChI is InChI=1S/C10H13NO3/c1-8(10(12)13-2)14-7-9-5-3-4-6-11-9/h3-6,8H,7H2,1-2H3/t8-/m0/s1. The van der Waals surface area contributed by atoms with Crippen molar-refractivity contribution in [2.24, 2.45) is 0 Å². The third kappa shape index (κ3) is 3.14. The summed E-state index contributed by atoms with van der Waals surface area (Å²) >= 11 is 0. The van der Waals surface area contributed by atoms with Gasteiger partial charge in [-0.3, -0.25) is 4.98 Å². The van der Waals surface area contributed by atoms with E-state index in [4.69, 9.17) is 4.74 Å². The maximum Gasteiger partial charge on any atom is 0.334 e. The van der Waals surface area contributed by atoms with Crippen molar-refractivity contribution >= 4 is 5.97 Å². The Morgan fingerprint density at radius 3 is 2.93 bits per heavy atom. The maximum atomic E-state index is 11.0. The van der Waals surface area contributed by atoms with Crippen molar-refractivity contribution in [3.05, 3.63) is 30.1 Å². The lowest BCUT2D eigenvalue weighted by Gasteiger charge is -2.09. The Morgan fingerprint density at radius 2 is 2.36 bits per heavy atom. The molecule has 0 N–H and O–H groups in total. The van der Waals surface area contributed by atoms with E-state index in [9.17, 15) is 4.79 Å². The van der Waals surface area contributed by atoms with Gasteiger partial charge >= 0.3 is 5.97 Å². The second-order valence-corrected chi connectivity index (χ2v) is 2.80. The fourth-order valence-corrected chi connectivity index (χ4v) is 0.928. The number of hydrogen-bond acceptors (Lipinski definition) is 4. The van der Waals surface area contributed by atoms with Crippen molar-refractivity contribution in [1.82, 2.24) is 4.98 Å². The third-order valence-corrected chi connectivity index (χ3v) is 1.74. The number of rotatable bonds is 4. The fourth-order valence-electron chi connectivity index (χ4n) is 0.928. The van der Waals surface area contributed by atoms with Gasteiger partial charge in [0.2, 0.25) is 0 Å². The Bertz CT molecular complexity index is 287. The lowest BCUT2D eigenvalue weighted by molar-refractivity contribution is -0.153. The number of carbonyl (C=O) groups is 1. The first-order valence-corrected chi connectivity index (χ1v) is 4.33. The number of aromatic nitrogens is 1. The molecule has 1 atom stereocenters. The third-order valence-electron chi connectivity index (χ3n) is 1.74. The minimum Gasteiger partial charge on any atom is -0.467 e. The SMILES string of the molecule is COC(=O)[C@H](C)OCc1ccccn1. The van der Waals surface area contributed by atoms with Gasteiger partial charge in [-0.1, -0.05) is 6.07 Å². The minimum absolute atomic E-state index is 0.317. The molecular weight excluding hydrogens is 182 g/mol. The van der Waals surface area contributed by atoms with Gasteiger partial charge in [0.25, 0.3) is 0 Å². The molecule has 76 valence electrons. The van der Waals surface area contributed by atoms with Crippen molar-refractivity contribution in [3.8, 4) is 0 Å². The Labute approximate surface area is 82.9 Å². The number of ether oxygens (including phenoxy) is 2. The largest absolute Gasteiger partial charge is 0.467 e. The summed E-state index contributed by atoms with van der Waals surface area (Å²) in [6.45, 7) is 1.96. The van der Waals surface area contributed by atoms with E-state index in [0.717, 1.165) is 5.69 Å². The molecule has 0 saturated carbocycles. The van der Waals surface area contributed by atoms with E-state index in [0.29, 0.717) is 6.61 Å². The Morgan fingerprint density at radius 1 is 1.57 bits per heavy atom. The summed E-state index contributed by atoms with van der Waals surface area (Å²) in [4.78, 5) is 15.0. The summed E-state index contributed by atoms with van der Waals surface area (Å²) in [5, 5.41) is 0. The van der Waals surface area contributed by atoms with Gasteiger partial charge in [0, 0.05) is 6.20 Å². The zero-order chi connectivity index (χ0) is 10.4. The summed E-state index contributed by atoms with van der Waals surface area (Å²) in [5.74, 6) is -0.374. The van der Waals surface area contributed by atoms with Crippen LogP contribution < -0.4 is 0 Å². The number of methoxy groups -OCH3 is 1. The smallest absolute Gasteiger partial charge is 0.334 e. The molecule has 1 aromatic heterocycles. The molecule has 0 aliphatic carbocycles. The molecule has 0 radical (unpaired) electrons. The van der Waals surface area contributed by atoms with Crippen LogP contribution in [-0.4, -0.2) is 24.2 Å². The number of carbonyl (C=O) groups excluding carboxylic acids is 1. The van der Waals surface area contributed by atoms with Crippen LogP contribution in [0.5, 0.6) is 0 Å². The number of nitrogens with zero attached hydrogens (tertiary/aromatic N) is 1. The van der Waals surface area contributed by atoms with Crippen LogP contribution in [0.2, 0.25) is 0 Å². The van der Waals surface area contributed by atoms with Crippen LogP contribution in [0.1, 0.15) is 12.6 Å². The van der Waals surface area contributed by atoms with Crippen molar-refractivity contribution in [2.75, 3.05) is 7.11 Å². The second-order valence-electron chi connectivity index (χ2n) is 2.80. The van der Waals surface area contributed by atoms with Gasteiger partial charge in [-0.2, -0.15) is 0 Å². The highest BCUT2D eigenvalue weighted by Gasteiger charge is 2.13. The quantitative estimate of drug-likeness (QED) is 0.676. The van der Waals surface area contributed by atoms with E-state index in [-0.39, 0.29) is 5.97 Å². The normalized spacial score (nSPS) is 12.1. The van der Waals surface area contributed by atoms with Crippen molar-refractivity contribution in [1.29, 1.82) is 0 Å². The molecule has 0 aromatic carbocycles. The summed E-state index contributed by atoms with van der Waals surface area (Å²) in [6.07, 6.45) is 1.13. The highest BCUT2D eigenvalue weighted by atomic mass is 16.6. The lowest BCUT2D eigenvalue weighted by Crippen LogP contribution is -2.21. The molecule has 1 aromatic rings. The van der Waals surface area contributed by atoms with Crippen LogP contribution in [0.4, 0.5) is 0 Å². The van der Waals surface area contributed by atoms with Crippen LogP contribution in [0.3, 0.4) is 0 Å². The molecule has 4 heteroatoms. The molecule has 0 saturated heterocycles. The summed E-state index contributed by atoms with van der Waals surface area (Å²) in [6, 6.07) is 5.53. The molecule has 0 amide bonds. The Balaban J connectivity index is 2.38. The van der Waals surface area contributed by atoms with Gasteiger partial charge in [0.15, 0.2) is 6.10 Å². The van der Waals surface area contributed by atoms with E-state index in [1.165, 1.54) is 7.11 Å². The zero-order valence-electron chi connectivity index (χ0n) is 8.27. The minimum atomic E-state index is -0.554. The first kappa shape index (κ1) is 10.7. The second kappa shape index (κ2) is 5.34. The van der Waals surface area contributed by atoms with E-state index >= 15 is 0 Å². The van der Waals surface area contributed by atoms with Crippen LogP contribution in [0.15, 0.2) is 24.4 Å². The lowest BCUT2D eigenvalue weighted by atomic mass is 10.3. The summed E-state index contributed by atoms with van der Waals surface area (Å²) < 4.78 is 9.76. The predicted octanol–water partition coefficient (Wildman–Crippen LogP) is 1.16. The maximum absolute atomic E-state index is 11.0. The molecular formula is C10H13NO3. The van der Waals surface area contributed by atoms with Crippen molar-refractivity contribution in [3.63, 3.8) is 0 Å². The predicted molar refractivity (Wildman–Crippen MR) is 50.5 cm³/mol. The Kier molecular flexibility index (Phi) is 4.07. The Hall–Kier alpha value is -1.42. The van der Waals surface area contributed by atoms with Gasteiger partial charge in [-0.15, -0.1) is 0 Å². The van der Waals surface area contributed by atoms with Gasteiger partial charge < -0.3 is 9.47 Å². The first-order valence-electron chi connectivity index (χ1n) is 4.33. The van der Waals surface area contributed by atoms with Gasteiger partial charge in [-0.25, -0.2) is 4.79 Å². The van der Waals surface area contributed by atoms with Crippen molar-refractivity contribution in [2.45, 2.75) is 19.6 Å². The number of hydrogen-bond donors (Lipinski definition) is 0. The van der Waals surface area contributed by atoms with Crippen molar-refractivity contribution < 1.29 is 14.3 Å². The molecule has 14 heavy (non-hydrogen) atoms. The van der Waals surface area contributed by atoms with Crippen LogP contribution >= 0.6 is 0 Å². The summed E-state index contributed by atoms with van der Waals surface area (Å²) in [5.41, 5.74) is 0.795. The average molecular weight is 195 g/mol. The summed E-state index contributed by atoms with van der Waals surface area (Å²) in [7, 11) is 1.34. The molecule has 4 nitrogen and oxygen atoms in total. The monoisotopic (exact) mass is 195 g/mol. The number of pyridine rings is 1. The highest BCUT2D eigenvalue weighted by Crippen LogP contribution is 2.00. The van der Waals surface area contributed by atoms with Crippen LogP contribution in [0, 0.1) is 0 Å². The molecule has 0 unspecified atom stereocenters. The van der Waals surface area contributed by atoms with Gasteiger partial charge in [-0.05, 0) is 19.1 Å². The average Bonchev–Trinajstić information content (AvgIpc) is 2.26. The molecule has 1 rings (SSSR count). The fraction of sp³-hybridized carbons (Fsp3) is 0.400. The first-order chi connectivity index (χ1) is 6.74. The molecule has 0 aliphatic rings. The van der Waals surface area contributed by atoms with E-state index in [2.05, 4.69) is 9.72 Å². The van der Waals surface area contributed by atoms with Gasteiger partial charge in [0.05, 0.1) is 19.4 Å². The topological polar surface area (TPSA) is 48.4 Å². The van der Waals surface area contributed by atoms with Gasteiger partial charge in [0.1, 0.15) is 0 Å². The molecule has 0 bridgehead atoms. The van der Waals surface area contributed by atoms with Crippen LogP contribution in [-0.2, 0) is 20.9 Å². The number of esters is 1. The van der Waals surface area contributed by atoms with E-state index in [1.54, 1.807) is 13.1 Å². The zero-order valence-corrected chi connectivity index (χ0v) is 8.27. The highest BCUT2D eigenvalue weighted by molar-refractivity contribution is 5.73. The molecule has 0 fully saturated rings. The molecule has 0 spiro atoms.